The highest BCUT2D eigenvalue weighted by molar-refractivity contribution is 5.93. The zero-order chi connectivity index (χ0) is 12.8. The van der Waals surface area contributed by atoms with Crippen molar-refractivity contribution in [3.63, 3.8) is 0 Å². The quantitative estimate of drug-likeness (QED) is 0.756. The molecule has 5 heteroatoms. The Kier molecular flexibility index (Phi) is 4.51. The molecule has 0 spiro atoms. The van der Waals surface area contributed by atoms with E-state index in [9.17, 15) is 9.59 Å². The van der Waals surface area contributed by atoms with Gasteiger partial charge in [-0.1, -0.05) is 11.6 Å². The molecular weight excluding hydrogens is 220 g/mol. The number of hydrogen-bond acceptors (Lipinski definition) is 2. The fourth-order valence-corrected chi connectivity index (χ4v) is 1.34. The minimum atomic E-state index is -0.973. The number of carboxylic acids is 1. The number of amides is 1. The van der Waals surface area contributed by atoms with Gasteiger partial charge in [0.2, 0.25) is 0 Å². The van der Waals surface area contributed by atoms with Crippen molar-refractivity contribution in [3.8, 4) is 0 Å². The van der Waals surface area contributed by atoms with Gasteiger partial charge in [-0.15, -0.1) is 0 Å². The van der Waals surface area contributed by atoms with Crippen molar-refractivity contribution < 1.29 is 14.7 Å². The minimum absolute atomic E-state index is 0.210. The largest absolute Gasteiger partial charge is 0.480 e. The third kappa shape index (κ3) is 4.14. The molecule has 0 saturated heterocycles. The second kappa shape index (κ2) is 5.89. The molecule has 0 aromatic carbocycles. The van der Waals surface area contributed by atoms with Crippen molar-refractivity contribution in [3.05, 3.63) is 35.7 Å². The maximum atomic E-state index is 11.7. The molecule has 0 aliphatic carbocycles. The number of rotatable bonds is 5. The highest BCUT2D eigenvalue weighted by atomic mass is 16.4. The average molecular weight is 236 g/mol. The predicted molar refractivity (Wildman–Crippen MR) is 63.8 cm³/mol. The molecule has 0 unspecified atom stereocenters. The molecule has 92 valence electrons. The molecule has 1 heterocycles. The number of carbonyl (C=O) groups is 2. The van der Waals surface area contributed by atoms with Gasteiger partial charge in [-0.05, 0) is 26.0 Å². The van der Waals surface area contributed by atoms with Crippen LogP contribution in [0.15, 0.2) is 30.0 Å². The van der Waals surface area contributed by atoms with Crippen LogP contribution in [0.25, 0.3) is 0 Å². The number of nitrogens with one attached hydrogen (secondary N) is 1. The first-order valence-electron chi connectivity index (χ1n) is 5.29. The first kappa shape index (κ1) is 13.0. The summed E-state index contributed by atoms with van der Waals surface area (Å²) < 4.78 is 1.40. The third-order valence-corrected chi connectivity index (χ3v) is 2.14. The van der Waals surface area contributed by atoms with Crippen LogP contribution in [0.2, 0.25) is 0 Å². The van der Waals surface area contributed by atoms with Gasteiger partial charge in [0.25, 0.3) is 5.91 Å². The van der Waals surface area contributed by atoms with Crippen LogP contribution in [0, 0.1) is 0 Å². The van der Waals surface area contributed by atoms with Gasteiger partial charge in [0, 0.05) is 12.7 Å². The average Bonchev–Trinajstić information content (AvgIpc) is 2.64. The smallest absolute Gasteiger partial charge is 0.323 e. The zero-order valence-electron chi connectivity index (χ0n) is 9.93. The van der Waals surface area contributed by atoms with Crippen LogP contribution in [0.3, 0.4) is 0 Å². The van der Waals surface area contributed by atoms with E-state index in [-0.39, 0.29) is 12.5 Å². The molecule has 1 aromatic heterocycles. The summed E-state index contributed by atoms with van der Waals surface area (Å²) in [6, 6.07) is 3.25. The first-order valence-corrected chi connectivity index (χ1v) is 5.29. The summed E-state index contributed by atoms with van der Waals surface area (Å²) in [6.45, 7) is 4.12. The van der Waals surface area contributed by atoms with Gasteiger partial charge in [0.15, 0.2) is 0 Å². The molecule has 1 amide bonds. The van der Waals surface area contributed by atoms with E-state index in [1.54, 1.807) is 18.3 Å². The molecule has 1 aromatic rings. The molecule has 5 nitrogen and oxygen atoms in total. The summed E-state index contributed by atoms with van der Waals surface area (Å²) in [5.41, 5.74) is 1.47. The Bertz CT molecular complexity index is 442. The van der Waals surface area contributed by atoms with E-state index in [0.29, 0.717) is 12.2 Å². The van der Waals surface area contributed by atoms with Crippen molar-refractivity contribution >= 4 is 11.9 Å². The number of nitrogens with zero attached hydrogens (tertiary/aromatic N) is 1. The normalized spacial score (nSPS) is 9.76. The number of hydrogen-bond donors (Lipinski definition) is 2. The Labute approximate surface area is 99.7 Å². The predicted octanol–water partition coefficient (Wildman–Crippen LogP) is 1.27. The van der Waals surface area contributed by atoms with Crippen molar-refractivity contribution in [2.45, 2.75) is 20.4 Å². The van der Waals surface area contributed by atoms with Crippen LogP contribution >= 0.6 is 0 Å². The van der Waals surface area contributed by atoms with E-state index in [0.717, 1.165) is 5.57 Å². The van der Waals surface area contributed by atoms with Crippen LogP contribution in [0.1, 0.15) is 24.3 Å². The summed E-state index contributed by atoms with van der Waals surface area (Å²) in [5.74, 6) is -1.24. The molecule has 0 aliphatic rings. The first-order chi connectivity index (χ1) is 8.00. The second-order valence-electron chi connectivity index (χ2n) is 3.91. The molecule has 0 bridgehead atoms. The zero-order valence-corrected chi connectivity index (χ0v) is 9.93. The van der Waals surface area contributed by atoms with Gasteiger partial charge in [-0.25, -0.2) is 0 Å². The van der Waals surface area contributed by atoms with Crippen molar-refractivity contribution in [1.29, 1.82) is 0 Å². The Hall–Kier alpha value is -2.04. The Morgan fingerprint density at radius 1 is 1.47 bits per heavy atom. The number of aromatic nitrogens is 1. The topological polar surface area (TPSA) is 71.3 Å². The maximum absolute atomic E-state index is 11.7. The summed E-state index contributed by atoms with van der Waals surface area (Å²) in [7, 11) is 0. The van der Waals surface area contributed by atoms with E-state index < -0.39 is 5.97 Å². The third-order valence-electron chi connectivity index (χ3n) is 2.14. The van der Waals surface area contributed by atoms with E-state index in [4.69, 9.17) is 5.11 Å². The lowest BCUT2D eigenvalue weighted by atomic mass is 10.3. The van der Waals surface area contributed by atoms with E-state index in [1.165, 1.54) is 4.57 Å². The molecule has 0 fully saturated rings. The van der Waals surface area contributed by atoms with Crippen molar-refractivity contribution in [1.82, 2.24) is 9.88 Å². The van der Waals surface area contributed by atoms with Crippen LogP contribution in [-0.2, 0) is 11.3 Å². The maximum Gasteiger partial charge on any atom is 0.323 e. The summed E-state index contributed by atoms with van der Waals surface area (Å²) >= 11 is 0. The lowest BCUT2D eigenvalue weighted by Gasteiger charge is -2.06. The number of carboxylic acid groups (broad SMARTS) is 1. The fourth-order valence-electron chi connectivity index (χ4n) is 1.34. The molecule has 17 heavy (non-hydrogen) atoms. The summed E-state index contributed by atoms with van der Waals surface area (Å²) in [5, 5.41) is 11.4. The lowest BCUT2D eigenvalue weighted by molar-refractivity contribution is -0.137. The van der Waals surface area contributed by atoms with Crippen LogP contribution in [0.5, 0.6) is 0 Å². The van der Waals surface area contributed by atoms with E-state index >= 15 is 0 Å². The molecular formula is C12H16N2O3. The molecule has 1 rings (SSSR count). The van der Waals surface area contributed by atoms with Gasteiger partial charge in [-0.2, -0.15) is 0 Å². The van der Waals surface area contributed by atoms with Gasteiger partial charge < -0.3 is 15.0 Å². The second-order valence-corrected chi connectivity index (χ2v) is 3.91. The van der Waals surface area contributed by atoms with Gasteiger partial charge in [0.1, 0.15) is 12.2 Å². The SMILES string of the molecule is CC(C)=CCNC(=O)c1cccn1CC(=O)O. The summed E-state index contributed by atoms with van der Waals surface area (Å²) in [4.78, 5) is 22.3. The molecule has 0 saturated carbocycles. The van der Waals surface area contributed by atoms with Crippen molar-refractivity contribution in [2.75, 3.05) is 6.54 Å². The number of allylic oxidation sites excluding steroid dienone is 1. The van der Waals surface area contributed by atoms with Gasteiger partial charge in [-0.3, -0.25) is 9.59 Å². The highest BCUT2D eigenvalue weighted by Crippen LogP contribution is 2.02. The number of carbonyl (C=O) groups excluding carboxylic acids is 1. The monoisotopic (exact) mass is 236 g/mol. The Morgan fingerprint density at radius 3 is 2.76 bits per heavy atom. The van der Waals surface area contributed by atoms with E-state index in [1.807, 2.05) is 19.9 Å². The van der Waals surface area contributed by atoms with Crippen molar-refractivity contribution in [2.24, 2.45) is 0 Å². The van der Waals surface area contributed by atoms with Gasteiger partial charge >= 0.3 is 5.97 Å². The fraction of sp³-hybridized carbons (Fsp3) is 0.333. The molecule has 0 aliphatic heterocycles. The molecule has 0 atom stereocenters. The standard InChI is InChI=1S/C12H16N2O3/c1-9(2)5-6-13-12(17)10-4-3-7-14(10)8-11(15)16/h3-5,7H,6,8H2,1-2H3,(H,13,17)(H,15,16). The lowest BCUT2D eigenvalue weighted by Crippen LogP contribution is -2.27. The van der Waals surface area contributed by atoms with Crippen LogP contribution in [0.4, 0.5) is 0 Å². The highest BCUT2D eigenvalue weighted by Gasteiger charge is 2.11. The van der Waals surface area contributed by atoms with Crippen LogP contribution in [-0.4, -0.2) is 28.1 Å². The molecule has 2 N–H and O–H groups in total. The summed E-state index contributed by atoms with van der Waals surface area (Å²) in [6.07, 6.45) is 3.46. The number of aliphatic carboxylic acids is 1. The van der Waals surface area contributed by atoms with E-state index in [2.05, 4.69) is 5.32 Å². The minimum Gasteiger partial charge on any atom is -0.480 e. The van der Waals surface area contributed by atoms with Gasteiger partial charge in [0.05, 0.1) is 0 Å². The Balaban J connectivity index is 2.66. The van der Waals surface area contributed by atoms with Crippen LogP contribution < -0.4 is 5.32 Å². The Morgan fingerprint density at radius 2 is 2.18 bits per heavy atom. The molecule has 0 radical (unpaired) electrons.